The first-order valence-corrected chi connectivity index (χ1v) is 8.42. The molecule has 0 radical (unpaired) electrons. The van der Waals surface area contributed by atoms with Crippen molar-refractivity contribution in [3.05, 3.63) is 0 Å². The normalized spacial score (nSPS) is 39.1. The fourth-order valence-electron chi connectivity index (χ4n) is 3.12. The summed E-state index contributed by atoms with van der Waals surface area (Å²) in [6.45, 7) is 4.81. The van der Waals surface area contributed by atoms with Crippen LogP contribution in [0.1, 0.15) is 32.6 Å². The summed E-state index contributed by atoms with van der Waals surface area (Å²) in [5, 5.41) is 0. The van der Waals surface area contributed by atoms with Crippen molar-refractivity contribution in [2.24, 2.45) is 11.1 Å². The first-order valence-electron chi connectivity index (χ1n) is 6.60. The van der Waals surface area contributed by atoms with Gasteiger partial charge in [-0.3, -0.25) is 0 Å². The van der Waals surface area contributed by atoms with Gasteiger partial charge >= 0.3 is 0 Å². The third-order valence-corrected chi connectivity index (χ3v) is 6.11. The molecule has 0 aromatic carbocycles. The Morgan fingerprint density at radius 2 is 2.06 bits per heavy atom. The number of hydrogen-bond donors (Lipinski definition) is 1. The van der Waals surface area contributed by atoms with Crippen molar-refractivity contribution in [2.45, 2.75) is 38.6 Å². The van der Waals surface area contributed by atoms with E-state index in [0.29, 0.717) is 18.1 Å². The lowest BCUT2D eigenvalue weighted by molar-refractivity contribution is 0.161. The summed E-state index contributed by atoms with van der Waals surface area (Å²) < 4.78 is 23.1. The quantitative estimate of drug-likeness (QED) is 0.791. The van der Waals surface area contributed by atoms with Crippen LogP contribution in [0.15, 0.2) is 0 Å². The molecule has 2 unspecified atom stereocenters. The predicted octanol–water partition coefficient (Wildman–Crippen LogP) is 0.624. The summed E-state index contributed by atoms with van der Waals surface area (Å²) in [5.41, 5.74) is 6.37. The average molecular weight is 260 g/mol. The number of rotatable bonds is 2. The van der Waals surface area contributed by atoms with E-state index >= 15 is 0 Å². The minimum absolute atomic E-state index is 0.189. The maximum absolute atomic E-state index is 11.5. The van der Waals surface area contributed by atoms with Crippen LogP contribution < -0.4 is 5.73 Å². The molecule has 2 fully saturated rings. The lowest BCUT2D eigenvalue weighted by atomic mass is 9.84. The Morgan fingerprint density at radius 1 is 1.29 bits per heavy atom. The van der Waals surface area contributed by atoms with Crippen molar-refractivity contribution in [2.75, 3.05) is 31.1 Å². The molecule has 2 rings (SSSR count). The summed E-state index contributed by atoms with van der Waals surface area (Å²) in [5.74, 6) is 0.671. The molecule has 1 aliphatic heterocycles. The second-order valence-electron chi connectivity index (χ2n) is 5.93. The Morgan fingerprint density at radius 3 is 2.71 bits per heavy atom. The second-order valence-corrected chi connectivity index (χ2v) is 8.24. The summed E-state index contributed by atoms with van der Waals surface area (Å²) >= 11 is 0. The fourth-order valence-corrected chi connectivity index (χ4v) is 4.42. The van der Waals surface area contributed by atoms with E-state index in [2.05, 4.69) is 11.8 Å². The van der Waals surface area contributed by atoms with Gasteiger partial charge in [-0.2, -0.15) is 0 Å². The fraction of sp³-hybridized carbons (Fsp3) is 1.00. The van der Waals surface area contributed by atoms with E-state index in [0.717, 1.165) is 25.9 Å². The van der Waals surface area contributed by atoms with Crippen LogP contribution in [0.5, 0.6) is 0 Å². The molecule has 2 atom stereocenters. The topological polar surface area (TPSA) is 63.4 Å². The van der Waals surface area contributed by atoms with Gasteiger partial charge in [-0.1, -0.05) is 13.3 Å². The van der Waals surface area contributed by atoms with Gasteiger partial charge in [-0.25, -0.2) is 8.42 Å². The molecule has 0 amide bonds. The summed E-state index contributed by atoms with van der Waals surface area (Å²) in [6, 6.07) is 0.280. The molecule has 100 valence electrons. The van der Waals surface area contributed by atoms with Gasteiger partial charge < -0.3 is 10.6 Å². The smallest absolute Gasteiger partial charge is 0.151 e. The van der Waals surface area contributed by atoms with Gasteiger partial charge in [-0.15, -0.1) is 0 Å². The minimum Gasteiger partial charge on any atom is -0.327 e. The SMILES string of the molecule is CC1(CN2CCCS(=O)(=O)CC2)CCCC1N. The van der Waals surface area contributed by atoms with Crippen LogP contribution in [0.25, 0.3) is 0 Å². The van der Waals surface area contributed by atoms with Crippen LogP contribution in [0, 0.1) is 5.41 Å². The molecule has 17 heavy (non-hydrogen) atoms. The average Bonchev–Trinajstić information content (AvgIpc) is 2.44. The first-order chi connectivity index (χ1) is 7.91. The first kappa shape index (κ1) is 13.3. The maximum atomic E-state index is 11.5. The molecule has 0 spiro atoms. The van der Waals surface area contributed by atoms with Crippen molar-refractivity contribution < 1.29 is 8.42 Å². The van der Waals surface area contributed by atoms with Crippen LogP contribution >= 0.6 is 0 Å². The molecule has 2 aliphatic rings. The third kappa shape index (κ3) is 3.20. The standard InChI is InChI=1S/C12H24N2O2S/c1-12(5-2-4-11(12)13)10-14-6-3-8-17(15,16)9-7-14/h11H,2-10,13H2,1H3. The van der Waals surface area contributed by atoms with Crippen LogP contribution in [0.2, 0.25) is 0 Å². The predicted molar refractivity (Wildman–Crippen MR) is 69.6 cm³/mol. The molecular weight excluding hydrogens is 236 g/mol. The maximum Gasteiger partial charge on any atom is 0.151 e. The molecule has 1 saturated heterocycles. The number of nitrogens with zero attached hydrogens (tertiary/aromatic N) is 1. The Hall–Kier alpha value is -0.130. The molecule has 1 aliphatic carbocycles. The zero-order valence-corrected chi connectivity index (χ0v) is 11.5. The van der Waals surface area contributed by atoms with Gasteiger partial charge in [0.2, 0.25) is 0 Å². The van der Waals surface area contributed by atoms with Crippen molar-refractivity contribution in [1.82, 2.24) is 4.90 Å². The molecule has 0 aromatic heterocycles. The van der Waals surface area contributed by atoms with Gasteiger partial charge in [0.15, 0.2) is 9.84 Å². The van der Waals surface area contributed by atoms with Crippen molar-refractivity contribution >= 4 is 9.84 Å². The van der Waals surface area contributed by atoms with Gasteiger partial charge in [0.05, 0.1) is 11.5 Å². The number of sulfone groups is 1. The molecular formula is C12H24N2O2S. The van der Waals surface area contributed by atoms with E-state index < -0.39 is 9.84 Å². The van der Waals surface area contributed by atoms with Gasteiger partial charge in [0, 0.05) is 19.1 Å². The van der Waals surface area contributed by atoms with Gasteiger partial charge in [-0.05, 0) is 31.2 Å². The highest BCUT2D eigenvalue weighted by Gasteiger charge is 2.38. The van der Waals surface area contributed by atoms with Gasteiger partial charge in [0.1, 0.15) is 0 Å². The van der Waals surface area contributed by atoms with Crippen LogP contribution in [-0.4, -0.2) is 50.5 Å². The van der Waals surface area contributed by atoms with Crippen LogP contribution in [0.4, 0.5) is 0 Å². The van der Waals surface area contributed by atoms with E-state index in [4.69, 9.17) is 5.73 Å². The van der Waals surface area contributed by atoms with E-state index in [1.807, 2.05) is 0 Å². The third-order valence-electron chi connectivity index (χ3n) is 4.39. The zero-order valence-electron chi connectivity index (χ0n) is 10.7. The Bertz CT molecular complexity index is 369. The van der Waals surface area contributed by atoms with Crippen molar-refractivity contribution in [3.8, 4) is 0 Å². The Kier molecular flexibility index (Phi) is 3.80. The zero-order chi connectivity index (χ0) is 12.5. The monoisotopic (exact) mass is 260 g/mol. The highest BCUT2D eigenvalue weighted by Crippen LogP contribution is 2.37. The molecule has 1 saturated carbocycles. The summed E-state index contributed by atoms with van der Waals surface area (Å²) in [4.78, 5) is 2.30. The molecule has 0 bridgehead atoms. The lowest BCUT2D eigenvalue weighted by Crippen LogP contribution is -2.45. The van der Waals surface area contributed by atoms with E-state index in [1.165, 1.54) is 12.8 Å². The van der Waals surface area contributed by atoms with E-state index in [1.54, 1.807) is 0 Å². The Balaban J connectivity index is 1.95. The van der Waals surface area contributed by atoms with Crippen LogP contribution in [-0.2, 0) is 9.84 Å². The molecule has 5 heteroatoms. The lowest BCUT2D eigenvalue weighted by Gasteiger charge is -2.34. The minimum atomic E-state index is -2.79. The molecule has 2 N–H and O–H groups in total. The van der Waals surface area contributed by atoms with Crippen molar-refractivity contribution in [3.63, 3.8) is 0 Å². The molecule has 0 aromatic rings. The summed E-state index contributed by atoms with van der Waals surface area (Å²) in [7, 11) is -2.79. The van der Waals surface area contributed by atoms with Crippen LogP contribution in [0.3, 0.4) is 0 Å². The Labute approximate surface area is 104 Å². The summed E-state index contributed by atoms with van der Waals surface area (Å²) in [6.07, 6.45) is 4.28. The second kappa shape index (κ2) is 4.86. The highest BCUT2D eigenvalue weighted by molar-refractivity contribution is 7.91. The van der Waals surface area contributed by atoms with E-state index in [9.17, 15) is 8.42 Å². The number of hydrogen-bond acceptors (Lipinski definition) is 4. The highest BCUT2D eigenvalue weighted by atomic mass is 32.2. The molecule has 4 nitrogen and oxygen atoms in total. The van der Waals surface area contributed by atoms with E-state index in [-0.39, 0.29) is 11.5 Å². The van der Waals surface area contributed by atoms with Crippen molar-refractivity contribution in [1.29, 1.82) is 0 Å². The number of nitrogens with two attached hydrogens (primary N) is 1. The van der Waals surface area contributed by atoms with Gasteiger partial charge in [0.25, 0.3) is 0 Å². The largest absolute Gasteiger partial charge is 0.327 e. The molecule has 1 heterocycles.